The van der Waals surface area contributed by atoms with Crippen molar-refractivity contribution in [2.45, 2.75) is 26.8 Å². The van der Waals surface area contributed by atoms with Crippen molar-refractivity contribution >= 4 is 23.0 Å². The zero-order valence-electron chi connectivity index (χ0n) is 10.6. The molecule has 0 fully saturated rings. The SMILES string of the molecule is Cc1nc(NN)c(C)c(NC(C)c2nccs2)n1. The van der Waals surface area contributed by atoms with Gasteiger partial charge in [-0.2, -0.15) is 0 Å². The third kappa shape index (κ3) is 2.57. The Morgan fingerprint density at radius 3 is 2.61 bits per heavy atom. The molecule has 4 N–H and O–H groups in total. The maximum Gasteiger partial charge on any atom is 0.148 e. The molecular weight excluding hydrogens is 248 g/mol. The van der Waals surface area contributed by atoms with Gasteiger partial charge >= 0.3 is 0 Å². The summed E-state index contributed by atoms with van der Waals surface area (Å²) in [6.45, 7) is 5.80. The first-order chi connectivity index (χ1) is 8.61. The summed E-state index contributed by atoms with van der Waals surface area (Å²) in [6.07, 6.45) is 1.79. The third-order valence-corrected chi connectivity index (χ3v) is 3.53. The molecule has 96 valence electrons. The first-order valence-corrected chi connectivity index (χ1v) is 6.47. The number of aromatic nitrogens is 3. The summed E-state index contributed by atoms with van der Waals surface area (Å²) in [5, 5.41) is 6.31. The minimum absolute atomic E-state index is 0.101. The van der Waals surface area contributed by atoms with Gasteiger partial charge in [0.15, 0.2) is 0 Å². The second kappa shape index (κ2) is 5.28. The van der Waals surface area contributed by atoms with Crippen LogP contribution in [0.15, 0.2) is 11.6 Å². The molecule has 6 nitrogen and oxygen atoms in total. The highest BCUT2D eigenvalue weighted by molar-refractivity contribution is 7.09. The van der Waals surface area contributed by atoms with E-state index in [1.54, 1.807) is 17.5 Å². The summed E-state index contributed by atoms with van der Waals surface area (Å²) >= 11 is 1.61. The van der Waals surface area contributed by atoms with E-state index in [1.165, 1.54) is 0 Å². The van der Waals surface area contributed by atoms with Gasteiger partial charge in [0.2, 0.25) is 0 Å². The monoisotopic (exact) mass is 264 g/mol. The van der Waals surface area contributed by atoms with Crippen LogP contribution in [0, 0.1) is 13.8 Å². The molecule has 2 heterocycles. The molecule has 0 saturated heterocycles. The molecule has 0 amide bonds. The van der Waals surface area contributed by atoms with Crippen molar-refractivity contribution < 1.29 is 0 Å². The number of anilines is 2. The fraction of sp³-hybridized carbons (Fsp3) is 0.364. The standard InChI is InChI=1S/C11H16N6S/c1-6-9(15-8(3)16-10(6)17-12)14-7(2)11-13-4-5-18-11/h4-5,7H,12H2,1-3H3,(H2,14,15,16,17). The summed E-state index contributed by atoms with van der Waals surface area (Å²) < 4.78 is 0. The minimum atomic E-state index is 0.101. The average molecular weight is 264 g/mol. The van der Waals surface area contributed by atoms with Gasteiger partial charge in [0.1, 0.15) is 22.5 Å². The first-order valence-electron chi connectivity index (χ1n) is 5.59. The highest BCUT2D eigenvalue weighted by Gasteiger charge is 2.13. The van der Waals surface area contributed by atoms with Crippen LogP contribution in [0.5, 0.6) is 0 Å². The minimum Gasteiger partial charge on any atom is -0.361 e. The Kier molecular flexibility index (Phi) is 3.73. The molecule has 0 aliphatic rings. The molecular formula is C11H16N6S. The predicted octanol–water partition coefficient (Wildman–Crippen LogP) is 2.01. The highest BCUT2D eigenvalue weighted by atomic mass is 32.1. The number of hydrazine groups is 1. The number of nitrogen functional groups attached to an aromatic ring is 1. The van der Waals surface area contributed by atoms with Crippen molar-refractivity contribution in [1.82, 2.24) is 15.0 Å². The molecule has 0 aromatic carbocycles. The van der Waals surface area contributed by atoms with Gasteiger partial charge in [-0.25, -0.2) is 20.8 Å². The zero-order chi connectivity index (χ0) is 13.1. The molecule has 2 rings (SSSR count). The number of hydrogen-bond donors (Lipinski definition) is 3. The Morgan fingerprint density at radius 2 is 2.00 bits per heavy atom. The molecule has 0 radical (unpaired) electrons. The van der Waals surface area contributed by atoms with E-state index in [-0.39, 0.29) is 6.04 Å². The predicted molar refractivity (Wildman–Crippen MR) is 73.5 cm³/mol. The van der Waals surface area contributed by atoms with E-state index in [2.05, 4.69) is 25.7 Å². The Morgan fingerprint density at radius 1 is 1.28 bits per heavy atom. The van der Waals surface area contributed by atoms with E-state index in [4.69, 9.17) is 5.84 Å². The first kappa shape index (κ1) is 12.7. The molecule has 0 spiro atoms. The molecule has 0 saturated carbocycles. The second-order valence-corrected chi connectivity index (χ2v) is 4.90. The Bertz CT molecular complexity index is 525. The van der Waals surface area contributed by atoms with Gasteiger partial charge in [-0.15, -0.1) is 11.3 Å². The van der Waals surface area contributed by atoms with E-state index in [0.29, 0.717) is 11.6 Å². The summed E-state index contributed by atoms with van der Waals surface area (Å²) in [6, 6.07) is 0.101. The maximum absolute atomic E-state index is 5.44. The van der Waals surface area contributed by atoms with Gasteiger partial charge in [0, 0.05) is 17.1 Å². The topological polar surface area (TPSA) is 88.8 Å². The molecule has 2 aromatic rings. The molecule has 0 aliphatic heterocycles. The lowest BCUT2D eigenvalue weighted by atomic mass is 10.2. The van der Waals surface area contributed by atoms with E-state index in [0.717, 1.165) is 16.4 Å². The summed E-state index contributed by atoms with van der Waals surface area (Å²) in [5.41, 5.74) is 3.48. The number of rotatable bonds is 4. The highest BCUT2D eigenvalue weighted by Crippen LogP contribution is 2.24. The van der Waals surface area contributed by atoms with Crippen LogP contribution in [0.3, 0.4) is 0 Å². The van der Waals surface area contributed by atoms with Crippen LogP contribution in [-0.4, -0.2) is 15.0 Å². The van der Waals surface area contributed by atoms with Gasteiger partial charge in [-0.1, -0.05) is 0 Å². The van der Waals surface area contributed by atoms with Gasteiger partial charge in [0.25, 0.3) is 0 Å². The van der Waals surface area contributed by atoms with Crippen molar-refractivity contribution in [2.24, 2.45) is 5.84 Å². The number of nitrogens with one attached hydrogen (secondary N) is 2. The van der Waals surface area contributed by atoms with Gasteiger partial charge in [0.05, 0.1) is 6.04 Å². The van der Waals surface area contributed by atoms with Crippen molar-refractivity contribution in [1.29, 1.82) is 0 Å². The summed E-state index contributed by atoms with van der Waals surface area (Å²) in [7, 11) is 0. The van der Waals surface area contributed by atoms with Crippen molar-refractivity contribution in [3.05, 3.63) is 28.0 Å². The summed E-state index contributed by atoms with van der Waals surface area (Å²) in [4.78, 5) is 12.9. The number of nitrogens with two attached hydrogens (primary N) is 1. The van der Waals surface area contributed by atoms with Gasteiger partial charge in [-0.05, 0) is 20.8 Å². The normalized spacial score (nSPS) is 12.2. The van der Waals surface area contributed by atoms with Crippen molar-refractivity contribution in [3.63, 3.8) is 0 Å². The van der Waals surface area contributed by atoms with E-state index < -0.39 is 0 Å². The van der Waals surface area contributed by atoms with Crippen LogP contribution in [-0.2, 0) is 0 Å². The van der Waals surface area contributed by atoms with Crippen LogP contribution in [0.1, 0.15) is 29.4 Å². The number of aryl methyl sites for hydroxylation is 1. The van der Waals surface area contributed by atoms with E-state index in [1.807, 2.05) is 26.2 Å². The van der Waals surface area contributed by atoms with Crippen LogP contribution < -0.4 is 16.6 Å². The molecule has 1 unspecified atom stereocenters. The molecule has 18 heavy (non-hydrogen) atoms. The van der Waals surface area contributed by atoms with Crippen LogP contribution in [0.2, 0.25) is 0 Å². The van der Waals surface area contributed by atoms with Crippen LogP contribution >= 0.6 is 11.3 Å². The number of hydrogen-bond acceptors (Lipinski definition) is 7. The lowest BCUT2D eigenvalue weighted by Crippen LogP contribution is -2.15. The molecule has 7 heteroatoms. The number of nitrogens with zero attached hydrogens (tertiary/aromatic N) is 3. The van der Waals surface area contributed by atoms with Gasteiger partial charge < -0.3 is 10.7 Å². The molecule has 1 atom stereocenters. The van der Waals surface area contributed by atoms with Crippen molar-refractivity contribution in [3.8, 4) is 0 Å². The van der Waals surface area contributed by atoms with Gasteiger partial charge in [-0.3, -0.25) is 0 Å². The smallest absolute Gasteiger partial charge is 0.148 e. The second-order valence-electron chi connectivity index (χ2n) is 3.97. The Balaban J connectivity index is 2.26. The summed E-state index contributed by atoms with van der Waals surface area (Å²) in [5.74, 6) is 7.52. The molecule has 0 bridgehead atoms. The average Bonchev–Trinajstić information content (AvgIpc) is 2.87. The molecule has 0 aliphatic carbocycles. The quantitative estimate of drug-likeness (QED) is 0.578. The zero-order valence-corrected chi connectivity index (χ0v) is 11.4. The number of thiazole rings is 1. The lowest BCUT2D eigenvalue weighted by Gasteiger charge is -2.16. The molecule has 2 aromatic heterocycles. The van der Waals surface area contributed by atoms with E-state index >= 15 is 0 Å². The van der Waals surface area contributed by atoms with Crippen LogP contribution in [0.25, 0.3) is 0 Å². The fourth-order valence-corrected chi connectivity index (χ4v) is 2.27. The van der Waals surface area contributed by atoms with Crippen LogP contribution in [0.4, 0.5) is 11.6 Å². The largest absolute Gasteiger partial charge is 0.361 e. The fourth-order valence-electron chi connectivity index (χ4n) is 1.62. The van der Waals surface area contributed by atoms with Crippen molar-refractivity contribution in [2.75, 3.05) is 10.7 Å². The lowest BCUT2D eigenvalue weighted by molar-refractivity contribution is 0.850. The Labute approximate surface area is 110 Å². The maximum atomic E-state index is 5.44. The Hall–Kier alpha value is -1.73. The third-order valence-electron chi connectivity index (χ3n) is 2.57. The van der Waals surface area contributed by atoms with E-state index in [9.17, 15) is 0 Å².